The largest absolute Gasteiger partial charge is 0.462 e. The van der Waals surface area contributed by atoms with E-state index in [2.05, 4.69) is 5.10 Å². The predicted molar refractivity (Wildman–Crippen MR) is 99.6 cm³/mol. The lowest BCUT2D eigenvalue weighted by molar-refractivity contribution is -0.135. The number of amides is 1. The zero-order valence-corrected chi connectivity index (χ0v) is 16.6. The minimum absolute atomic E-state index is 0.000992. The van der Waals surface area contributed by atoms with Crippen molar-refractivity contribution in [3.8, 4) is 0 Å². The third-order valence-electron chi connectivity index (χ3n) is 2.83. The van der Waals surface area contributed by atoms with Gasteiger partial charge in [-0.15, -0.1) is 22.9 Å². The molecular weight excluding hydrogens is 400 g/mol. The van der Waals surface area contributed by atoms with E-state index in [0.717, 1.165) is 11.3 Å². The molecule has 0 saturated carbocycles. The summed E-state index contributed by atoms with van der Waals surface area (Å²) in [5.41, 5.74) is -0.693. The summed E-state index contributed by atoms with van der Waals surface area (Å²) >= 11 is 6.52. The average Bonchev–Trinajstić information content (AvgIpc) is 3.12. The van der Waals surface area contributed by atoms with Crippen LogP contribution < -0.4 is 5.01 Å². The van der Waals surface area contributed by atoms with Crippen molar-refractivity contribution in [3.05, 3.63) is 16.3 Å². The molecule has 1 aromatic rings. The van der Waals surface area contributed by atoms with Gasteiger partial charge in [-0.1, -0.05) is 0 Å². The second-order valence-corrected chi connectivity index (χ2v) is 5.78. The Kier molecular flexibility index (Phi) is 9.45. The van der Waals surface area contributed by atoms with Gasteiger partial charge in [-0.2, -0.15) is 10.1 Å². The number of hydrogen-bond donors (Lipinski definition) is 0. The number of Topliss-reactive ketones (excluding diaryl/α,β-unsaturated/α-hetero) is 1. The molecule has 1 amide bonds. The monoisotopic (exact) mass is 418 g/mol. The topological polar surface area (TPSA) is 112 Å². The molecule has 1 rings (SSSR count). The van der Waals surface area contributed by atoms with Crippen LogP contribution in [0.25, 0.3) is 0 Å². The summed E-state index contributed by atoms with van der Waals surface area (Å²) in [6.07, 6.45) is -0.995. The van der Waals surface area contributed by atoms with E-state index in [0.29, 0.717) is 5.01 Å². The molecule has 0 bridgehead atoms. The fourth-order valence-corrected chi connectivity index (χ4v) is 2.66. The molecule has 0 radical (unpaired) electrons. The molecule has 0 atom stereocenters. The van der Waals surface area contributed by atoms with Crippen molar-refractivity contribution in [2.75, 3.05) is 30.7 Å². The average molecular weight is 419 g/mol. The molecule has 0 spiro atoms. The van der Waals surface area contributed by atoms with Crippen LogP contribution in [0.4, 0.5) is 10.5 Å². The molecule has 0 aliphatic rings. The number of ether oxygens (including phenoxy) is 3. The van der Waals surface area contributed by atoms with Gasteiger partial charge in [0.2, 0.25) is 11.5 Å². The third-order valence-corrected chi connectivity index (χ3v) is 3.95. The summed E-state index contributed by atoms with van der Waals surface area (Å²) in [4.78, 5) is 48.6. The number of thiophene rings is 1. The first kappa shape index (κ1) is 22.6. The fraction of sp³-hybridized carbons (Fsp3) is 0.438. The van der Waals surface area contributed by atoms with E-state index in [1.54, 1.807) is 20.8 Å². The van der Waals surface area contributed by atoms with Crippen molar-refractivity contribution < 1.29 is 33.4 Å². The highest BCUT2D eigenvalue weighted by atomic mass is 35.5. The van der Waals surface area contributed by atoms with Crippen molar-refractivity contribution in [3.63, 3.8) is 0 Å². The fourth-order valence-electron chi connectivity index (χ4n) is 1.77. The summed E-state index contributed by atoms with van der Waals surface area (Å²) in [7, 11) is 0. The van der Waals surface area contributed by atoms with Gasteiger partial charge in [-0.05, 0) is 32.2 Å². The molecular formula is C16H19ClN2O7S. The Morgan fingerprint density at radius 2 is 1.70 bits per heavy atom. The standard InChI is InChI=1S/C16H19ClN2O7S/c1-4-24-14(21)12(11(20)9-17)18-19(16(23)26-6-3)10-7-8-27-13(10)15(22)25-5-2/h7-8H,4-6,9H2,1-3H3/b18-12-. The van der Waals surface area contributed by atoms with Crippen LogP contribution in [0.2, 0.25) is 0 Å². The van der Waals surface area contributed by atoms with Gasteiger partial charge >= 0.3 is 18.0 Å². The molecule has 27 heavy (non-hydrogen) atoms. The predicted octanol–water partition coefficient (Wildman–Crippen LogP) is 2.61. The molecule has 0 saturated heterocycles. The number of alkyl halides is 1. The zero-order valence-electron chi connectivity index (χ0n) is 15.0. The summed E-state index contributed by atoms with van der Waals surface area (Å²) in [6, 6.07) is 1.41. The lowest BCUT2D eigenvalue weighted by Gasteiger charge is -2.17. The first-order valence-electron chi connectivity index (χ1n) is 7.97. The molecule has 0 fully saturated rings. The number of carbonyl (C=O) groups excluding carboxylic acids is 4. The number of halogens is 1. The van der Waals surface area contributed by atoms with E-state index >= 15 is 0 Å². The molecule has 0 N–H and O–H groups in total. The van der Waals surface area contributed by atoms with Gasteiger partial charge in [0.15, 0.2) is 0 Å². The Bertz CT molecular complexity index is 732. The lowest BCUT2D eigenvalue weighted by atomic mass is 10.3. The summed E-state index contributed by atoms with van der Waals surface area (Å²) in [6.45, 7) is 4.85. The molecule has 0 aliphatic carbocycles. The smallest absolute Gasteiger partial charge is 0.435 e. The highest BCUT2D eigenvalue weighted by molar-refractivity contribution is 7.12. The Hall–Kier alpha value is -2.46. The normalized spacial score (nSPS) is 10.9. The summed E-state index contributed by atoms with van der Waals surface area (Å²) in [5, 5.41) is 5.96. The first-order valence-corrected chi connectivity index (χ1v) is 9.38. The van der Waals surface area contributed by atoms with Crippen molar-refractivity contribution in [1.82, 2.24) is 0 Å². The van der Waals surface area contributed by atoms with Gasteiger partial charge in [0, 0.05) is 0 Å². The van der Waals surface area contributed by atoms with Crippen LogP contribution in [0.15, 0.2) is 16.5 Å². The lowest BCUT2D eigenvalue weighted by Crippen LogP contribution is -2.35. The Balaban J connectivity index is 3.46. The van der Waals surface area contributed by atoms with Crippen LogP contribution in [-0.2, 0) is 23.8 Å². The highest BCUT2D eigenvalue weighted by Crippen LogP contribution is 2.28. The molecule has 0 aliphatic heterocycles. The van der Waals surface area contributed by atoms with Gasteiger partial charge in [0.25, 0.3) is 0 Å². The molecule has 1 aromatic heterocycles. The maximum atomic E-state index is 12.4. The van der Waals surface area contributed by atoms with Gasteiger partial charge in [-0.3, -0.25) is 4.79 Å². The van der Waals surface area contributed by atoms with E-state index in [1.165, 1.54) is 11.4 Å². The number of hydrogen-bond acceptors (Lipinski definition) is 9. The second-order valence-electron chi connectivity index (χ2n) is 4.59. The Morgan fingerprint density at radius 1 is 1.07 bits per heavy atom. The number of anilines is 1. The van der Waals surface area contributed by atoms with E-state index < -0.39 is 35.4 Å². The molecule has 148 valence electrons. The van der Waals surface area contributed by atoms with Gasteiger partial charge in [0.05, 0.1) is 31.4 Å². The van der Waals surface area contributed by atoms with Gasteiger partial charge < -0.3 is 14.2 Å². The Morgan fingerprint density at radius 3 is 2.26 bits per heavy atom. The number of esters is 2. The Labute approximate surface area is 164 Å². The van der Waals surface area contributed by atoms with Gasteiger partial charge in [-0.25, -0.2) is 14.4 Å². The van der Waals surface area contributed by atoms with Crippen molar-refractivity contribution in [2.45, 2.75) is 20.8 Å². The number of carbonyl (C=O) groups is 4. The number of nitrogens with zero attached hydrogens (tertiary/aromatic N) is 2. The van der Waals surface area contributed by atoms with Crippen molar-refractivity contribution in [1.29, 1.82) is 0 Å². The van der Waals surface area contributed by atoms with E-state index in [1.807, 2.05) is 0 Å². The summed E-state index contributed by atoms with van der Waals surface area (Å²) in [5.74, 6) is -3.14. The second kappa shape index (κ2) is 11.3. The number of ketones is 1. The molecule has 0 unspecified atom stereocenters. The molecule has 9 nitrogen and oxygen atoms in total. The number of rotatable bonds is 9. The molecule has 0 aromatic carbocycles. The van der Waals surface area contributed by atoms with E-state index in [4.69, 9.17) is 25.8 Å². The van der Waals surface area contributed by atoms with Crippen LogP contribution >= 0.6 is 22.9 Å². The quantitative estimate of drug-likeness (QED) is 0.151. The summed E-state index contributed by atoms with van der Waals surface area (Å²) < 4.78 is 14.6. The van der Waals surface area contributed by atoms with Crippen LogP contribution in [0.1, 0.15) is 30.4 Å². The van der Waals surface area contributed by atoms with Gasteiger partial charge in [0.1, 0.15) is 4.88 Å². The van der Waals surface area contributed by atoms with Crippen LogP contribution in [-0.4, -0.2) is 55.2 Å². The maximum Gasteiger partial charge on any atom is 0.435 e. The van der Waals surface area contributed by atoms with E-state index in [9.17, 15) is 19.2 Å². The number of hydrazone groups is 1. The van der Waals surface area contributed by atoms with Crippen LogP contribution in [0, 0.1) is 0 Å². The van der Waals surface area contributed by atoms with Crippen molar-refractivity contribution in [2.24, 2.45) is 5.10 Å². The molecule has 11 heteroatoms. The SMILES string of the molecule is CCOC(=O)/C(=N\N(C(=O)OCC)c1ccsc1C(=O)OCC)C(=O)CCl. The van der Waals surface area contributed by atoms with Crippen molar-refractivity contribution >= 4 is 58.2 Å². The third kappa shape index (κ3) is 6.04. The highest BCUT2D eigenvalue weighted by Gasteiger charge is 2.29. The van der Waals surface area contributed by atoms with Crippen LogP contribution in [0.3, 0.4) is 0 Å². The van der Waals surface area contributed by atoms with Crippen LogP contribution in [0.5, 0.6) is 0 Å². The minimum Gasteiger partial charge on any atom is -0.462 e. The maximum absolute atomic E-state index is 12.4. The van der Waals surface area contributed by atoms with E-state index in [-0.39, 0.29) is 30.4 Å². The molecule has 1 heterocycles. The minimum atomic E-state index is -1.05. The zero-order chi connectivity index (χ0) is 20.4. The first-order chi connectivity index (χ1) is 12.9.